The zero-order chi connectivity index (χ0) is 14.5. The summed E-state index contributed by atoms with van der Waals surface area (Å²) in [6, 6.07) is 15.0. The van der Waals surface area contributed by atoms with Crippen molar-refractivity contribution in [1.29, 1.82) is 0 Å². The Morgan fingerprint density at radius 1 is 0.800 bits per heavy atom. The molecule has 0 fully saturated rings. The molecule has 20 heavy (non-hydrogen) atoms. The molecule has 0 heterocycles. The van der Waals surface area contributed by atoms with Crippen LogP contribution in [-0.4, -0.2) is 22.2 Å². The number of carboxylic acid groups (broad SMARTS) is 2. The van der Waals surface area contributed by atoms with Crippen molar-refractivity contribution in [3.05, 3.63) is 60.2 Å². The second kappa shape index (κ2) is 5.88. The zero-order valence-electron chi connectivity index (χ0n) is 10.4. The van der Waals surface area contributed by atoms with Crippen LogP contribution in [0.1, 0.15) is 11.5 Å². The Bertz CT molecular complexity index is 590. The maximum absolute atomic E-state index is 10.9. The number of benzene rings is 2. The van der Waals surface area contributed by atoms with E-state index in [0.29, 0.717) is 11.5 Å². The molecule has 0 aliphatic carbocycles. The quantitative estimate of drug-likeness (QED) is 0.817. The largest absolute Gasteiger partial charge is 0.480 e. The zero-order valence-corrected chi connectivity index (χ0v) is 10.4. The van der Waals surface area contributed by atoms with Gasteiger partial charge in [0.1, 0.15) is 11.5 Å². The van der Waals surface area contributed by atoms with Gasteiger partial charge in [-0.15, -0.1) is 0 Å². The Labute approximate surface area is 115 Å². The van der Waals surface area contributed by atoms with Gasteiger partial charge in [-0.25, -0.2) is 0 Å². The first-order valence-electron chi connectivity index (χ1n) is 5.86. The van der Waals surface area contributed by atoms with Crippen LogP contribution in [0.3, 0.4) is 0 Å². The Morgan fingerprint density at radius 2 is 1.30 bits per heavy atom. The Hall–Kier alpha value is -2.82. The fourth-order valence-corrected chi connectivity index (χ4v) is 1.74. The lowest BCUT2D eigenvalue weighted by Crippen LogP contribution is -2.20. The molecule has 0 aliphatic rings. The molecule has 2 aromatic rings. The number of ether oxygens (including phenoxy) is 1. The first-order valence-corrected chi connectivity index (χ1v) is 5.86. The van der Waals surface area contributed by atoms with Gasteiger partial charge in [-0.05, 0) is 29.8 Å². The van der Waals surface area contributed by atoms with Crippen LogP contribution in [-0.2, 0) is 9.59 Å². The topological polar surface area (TPSA) is 83.8 Å². The van der Waals surface area contributed by atoms with Gasteiger partial charge in [-0.3, -0.25) is 9.59 Å². The molecule has 102 valence electrons. The predicted molar refractivity (Wildman–Crippen MR) is 71.0 cm³/mol. The third kappa shape index (κ3) is 3.14. The maximum atomic E-state index is 10.9. The van der Waals surface area contributed by atoms with Crippen molar-refractivity contribution < 1.29 is 24.5 Å². The summed E-state index contributed by atoms with van der Waals surface area (Å²) in [5, 5.41) is 17.8. The van der Waals surface area contributed by atoms with E-state index in [-0.39, 0.29) is 5.56 Å². The lowest BCUT2D eigenvalue weighted by atomic mass is 9.99. The van der Waals surface area contributed by atoms with Crippen LogP contribution in [0.4, 0.5) is 0 Å². The summed E-state index contributed by atoms with van der Waals surface area (Å²) in [4.78, 5) is 21.8. The minimum Gasteiger partial charge on any atom is -0.480 e. The molecule has 2 aromatic carbocycles. The highest BCUT2D eigenvalue weighted by atomic mass is 16.5. The molecule has 0 saturated carbocycles. The van der Waals surface area contributed by atoms with E-state index in [4.69, 9.17) is 14.9 Å². The normalized spacial score (nSPS) is 10.2. The third-order valence-electron chi connectivity index (χ3n) is 2.69. The number of carbonyl (C=O) groups is 2. The van der Waals surface area contributed by atoms with Crippen molar-refractivity contribution in [2.75, 3.05) is 0 Å². The van der Waals surface area contributed by atoms with Crippen LogP contribution in [0.5, 0.6) is 11.5 Å². The summed E-state index contributed by atoms with van der Waals surface area (Å²) in [7, 11) is 0. The van der Waals surface area contributed by atoms with Crippen LogP contribution < -0.4 is 4.74 Å². The molecule has 0 amide bonds. The molecular weight excluding hydrogens is 260 g/mol. The molecule has 0 unspecified atom stereocenters. The molecule has 0 spiro atoms. The Morgan fingerprint density at radius 3 is 1.80 bits per heavy atom. The van der Waals surface area contributed by atoms with Crippen LogP contribution in [0.2, 0.25) is 0 Å². The van der Waals surface area contributed by atoms with Gasteiger partial charge in [0.25, 0.3) is 0 Å². The summed E-state index contributed by atoms with van der Waals surface area (Å²) in [6.45, 7) is 0. The molecule has 0 bridgehead atoms. The minimum atomic E-state index is -1.57. The average molecular weight is 272 g/mol. The minimum absolute atomic E-state index is 0.199. The molecule has 0 aliphatic heterocycles. The van der Waals surface area contributed by atoms with Gasteiger partial charge in [0.15, 0.2) is 5.92 Å². The van der Waals surface area contributed by atoms with Crippen molar-refractivity contribution in [2.24, 2.45) is 0 Å². The van der Waals surface area contributed by atoms with E-state index in [0.717, 1.165) is 0 Å². The molecule has 0 radical (unpaired) electrons. The van der Waals surface area contributed by atoms with E-state index in [2.05, 4.69) is 0 Å². The summed E-state index contributed by atoms with van der Waals surface area (Å²) in [5.41, 5.74) is 0.199. The van der Waals surface area contributed by atoms with E-state index in [1.807, 2.05) is 18.2 Å². The molecule has 0 atom stereocenters. The predicted octanol–water partition coefficient (Wildman–Crippen LogP) is 2.73. The molecule has 5 nitrogen and oxygen atoms in total. The lowest BCUT2D eigenvalue weighted by Gasteiger charge is -2.09. The molecule has 0 saturated heterocycles. The Kier molecular flexibility index (Phi) is 4.00. The van der Waals surface area contributed by atoms with Gasteiger partial charge < -0.3 is 14.9 Å². The fraction of sp³-hybridized carbons (Fsp3) is 0.0667. The smallest absolute Gasteiger partial charge is 0.322 e. The number of para-hydroxylation sites is 1. The fourth-order valence-electron chi connectivity index (χ4n) is 1.74. The van der Waals surface area contributed by atoms with Crippen molar-refractivity contribution >= 4 is 11.9 Å². The van der Waals surface area contributed by atoms with Crippen LogP contribution in [0.15, 0.2) is 54.6 Å². The Balaban J connectivity index is 2.18. The van der Waals surface area contributed by atoms with Crippen LogP contribution in [0.25, 0.3) is 0 Å². The number of hydrogen-bond acceptors (Lipinski definition) is 3. The number of hydrogen-bond donors (Lipinski definition) is 2. The van der Waals surface area contributed by atoms with Gasteiger partial charge in [0.2, 0.25) is 0 Å². The van der Waals surface area contributed by atoms with Crippen molar-refractivity contribution in [3.63, 3.8) is 0 Å². The standard InChI is InChI=1S/C15H12O5/c16-14(17)13(15(18)19)10-6-8-12(9-7-10)20-11-4-2-1-3-5-11/h1-9,13H,(H,16,17)(H,18,19). The van der Waals surface area contributed by atoms with Gasteiger partial charge >= 0.3 is 11.9 Å². The molecule has 2 rings (SSSR count). The molecular formula is C15H12O5. The number of rotatable bonds is 5. The van der Waals surface area contributed by atoms with E-state index in [9.17, 15) is 9.59 Å². The van der Waals surface area contributed by atoms with Crippen LogP contribution in [0, 0.1) is 0 Å². The van der Waals surface area contributed by atoms with E-state index in [1.165, 1.54) is 12.1 Å². The lowest BCUT2D eigenvalue weighted by molar-refractivity contribution is -0.150. The van der Waals surface area contributed by atoms with Gasteiger partial charge in [0, 0.05) is 0 Å². The van der Waals surface area contributed by atoms with Gasteiger partial charge in [-0.2, -0.15) is 0 Å². The summed E-state index contributed by atoms with van der Waals surface area (Å²) < 4.78 is 5.54. The summed E-state index contributed by atoms with van der Waals surface area (Å²) >= 11 is 0. The first-order chi connectivity index (χ1) is 9.58. The van der Waals surface area contributed by atoms with Gasteiger partial charge in [-0.1, -0.05) is 30.3 Å². The van der Waals surface area contributed by atoms with Gasteiger partial charge in [0.05, 0.1) is 0 Å². The van der Waals surface area contributed by atoms with Crippen LogP contribution >= 0.6 is 0 Å². The van der Waals surface area contributed by atoms with E-state index < -0.39 is 17.9 Å². The first kappa shape index (κ1) is 13.6. The summed E-state index contributed by atoms with van der Waals surface area (Å²) in [6.07, 6.45) is 0. The third-order valence-corrected chi connectivity index (χ3v) is 2.69. The van der Waals surface area contributed by atoms with E-state index >= 15 is 0 Å². The molecule has 2 N–H and O–H groups in total. The second-order valence-corrected chi connectivity index (χ2v) is 4.09. The maximum Gasteiger partial charge on any atom is 0.322 e. The SMILES string of the molecule is O=C(O)C(C(=O)O)c1ccc(Oc2ccccc2)cc1. The monoisotopic (exact) mass is 272 g/mol. The average Bonchev–Trinajstić information content (AvgIpc) is 2.41. The highest BCUT2D eigenvalue weighted by Gasteiger charge is 2.27. The van der Waals surface area contributed by atoms with Crippen molar-refractivity contribution in [2.45, 2.75) is 5.92 Å². The highest BCUT2D eigenvalue weighted by molar-refractivity contribution is 5.98. The second-order valence-electron chi connectivity index (χ2n) is 4.09. The molecule has 0 aromatic heterocycles. The summed E-state index contributed by atoms with van der Waals surface area (Å²) in [5.74, 6) is -3.20. The van der Waals surface area contributed by atoms with Crippen molar-refractivity contribution in [1.82, 2.24) is 0 Å². The molecule has 5 heteroatoms. The number of aliphatic carboxylic acids is 2. The van der Waals surface area contributed by atoms with E-state index in [1.54, 1.807) is 24.3 Å². The highest BCUT2D eigenvalue weighted by Crippen LogP contribution is 2.24. The van der Waals surface area contributed by atoms with Crippen molar-refractivity contribution in [3.8, 4) is 11.5 Å². The number of carboxylic acids is 2.